The molecule has 0 saturated heterocycles. The van der Waals surface area contributed by atoms with Crippen molar-refractivity contribution in [3.05, 3.63) is 24.0 Å². The summed E-state index contributed by atoms with van der Waals surface area (Å²) in [5.74, 6) is -1.02. The lowest BCUT2D eigenvalue weighted by molar-refractivity contribution is 0.0595. The highest BCUT2D eigenvalue weighted by Crippen LogP contribution is 2.15. The summed E-state index contributed by atoms with van der Waals surface area (Å²) >= 11 is 0. The molecule has 57 valence electrons. The van der Waals surface area contributed by atoms with Crippen LogP contribution in [0.25, 0.3) is 0 Å². The molecule has 0 aliphatic carbocycles. The highest BCUT2D eigenvalue weighted by atomic mass is 16.5. The molecule has 0 spiro atoms. The van der Waals surface area contributed by atoms with Gasteiger partial charge in [0.15, 0.2) is 5.75 Å². The number of pyridine rings is 1. The Kier molecular flexibility index (Phi) is 2.06. The van der Waals surface area contributed by atoms with Gasteiger partial charge in [0.25, 0.3) is 0 Å². The van der Waals surface area contributed by atoms with Gasteiger partial charge in [-0.05, 0) is 0 Å². The van der Waals surface area contributed by atoms with Gasteiger partial charge in [0, 0.05) is 18.5 Å². The molecule has 0 aliphatic heterocycles. The zero-order valence-electron chi connectivity index (χ0n) is 5.90. The first-order chi connectivity index (χ1) is 5.25. The molecule has 1 aromatic rings. The molecule has 0 N–H and O–H groups in total. The molecule has 0 saturated carbocycles. The number of nitrogens with zero attached hydrogens (tertiary/aromatic N) is 1. The zero-order chi connectivity index (χ0) is 8.27. The van der Waals surface area contributed by atoms with Crippen LogP contribution in [0.3, 0.4) is 0 Å². The van der Waals surface area contributed by atoms with Crippen LogP contribution in [0.1, 0.15) is 10.4 Å². The lowest BCUT2D eigenvalue weighted by Crippen LogP contribution is -2.01. The smallest absolute Gasteiger partial charge is 0.343 e. The van der Waals surface area contributed by atoms with Gasteiger partial charge in [-0.25, -0.2) is 4.79 Å². The van der Waals surface area contributed by atoms with E-state index < -0.39 is 5.97 Å². The Morgan fingerprint density at radius 1 is 1.64 bits per heavy atom. The SMILES string of the molecule is COC(=O)c1cnccc1[O]. The topological polar surface area (TPSA) is 59.1 Å². The first-order valence-electron chi connectivity index (χ1n) is 2.95. The van der Waals surface area contributed by atoms with Gasteiger partial charge in [0.05, 0.1) is 7.11 Å². The highest BCUT2D eigenvalue weighted by Gasteiger charge is 2.11. The fourth-order valence-corrected chi connectivity index (χ4v) is 0.645. The molecule has 11 heavy (non-hydrogen) atoms. The van der Waals surface area contributed by atoms with E-state index in [2.05, 4.69) is 9.72 Å². The lowest BCUT2D eigenvalue weighted by atomic mass is 10.3. The summed E-state index contributed by atoms with van der Waals surface area (Å²) in [4.78, 5) is 14.4. The largest absolute Gasteiger partial charge is 0.465 e. The lowest BCUT2D eigenvalue weighted by Gasteiger charge is -1.96. The van der Waals surface area contributed by atoms with Crippen LogP contribution < -0.4 is 0 Å². The van der Waals surface area contributed by atoms with E-state index in [9.17, 15) is 9.90 Å². The van der Waals surface area contributed by atoms with Crippen LogP contribution in [0.4, 0.5) is 0 Å². The number of carbonyl (C=O) groups excluding carboxylic acids is 1. The van der Waals surface area contributed by atoms with Gasteiger partial charge < -0.3 is 4.74 Å². The van der Waals surface area contributed by atoms with Crippen LogP contribution >= 0.6 is 0 Å². The van der Waals surface area contributed by atoms with Crippen LogP contribution in [0.5, 0.6) is 5.75 Å². The summed E-state index contributed by atoms with van der Waals surface area (Å²) in [6.07, 6.45) is 2.52. The van der Waals surface area contributed by atoms with Crippen molar-refractivity contribution in [2.45, 2.75) is 0 Å². The molecule has 0 atom stereocenters. The van der Waals surface area contributed by atoms with Crippen molar-refractivity contribution in [1.82, 2.24) is 4.98 Å². The molecule has 0 amide bonds. The van der Waals surface area contributed by atoms with E-state index in [-0.39, 0.29) is 11.3 Å². The first kappa shape index (κ1) is 7.53. The standard InChI is InChI=1S/C7H6NO3/c1-11-7(10)5-4-8-3-2-6(5)9/h2-4H,1H3. The predicted molar refractivity (Wildman–Crippen MR) is 35.7 cm³/mol. The Balaban J connectivity index is 3.03. The van der Waals surface area contributed by atoms with Crippen molar-refractivity contribution in [1.29, 1.82) is 0 Å². The predicted octanol–water partition coefficient (Wildman–Crippen LogP) is 1.01. The van der Waals surface area contributed by atoms with Gasteiger partial charge in [-0.3, -0.25) is 10.1 Å². The average Bonchev–Trinajstić information content (AvgIpc) is 2.04. The van der Waals surface area contributed by atoms with Crippen molar-refractivity contribution in [3.63, 3.8) is 0 Å². The fraction of sp³-hybridized carbons (Fsp3) is 0.143. The van der Waals surface area contributed by atoms with Crippen molar-refractivity contribution >= 4 is 5.97 Å². The molecule has 0 unspecified atom stereocenters. The van der Waals surface area contributed by atoms with E-state index in [0.29, 0.717) is 0 Å². The summed E-state index contributed by atoms with van der Waals surface area (Å²) in [7, 11) is 1.22. The Morgan fingerprint density at radius 3 is 2.91 bits per heavy atom. The molecule has 1 radical (unpaired) electrons. The molecule has 0 bridgehead atoms. The third kappa shape index (κ3) is 1.46. The molecule has 0 aromatic carbocycles. The number of hydrogen-bond donors (Lipinski definition) is 0. The van der Waals surface area contributed by atoms with Gasteiger partial charge in [-0.1, -0.05) is 0 Å². The van der Waals surface area contributed by atoms with E-state index in [4.69, 9.17) is 0 Å². The monoisotopic (exact) mass is 152 g/mol. The second kappa shape index (κ2) is 3.01. The maximum Gasteiger partial charge on any atom is 0.343 e. The number of aromatic nitrogens is 1. The van der Waals surface area contributed by atoms with Crippen molar-refractivity contribution in [2.75, 3.05) is 7.11 Å². The minimum Gasteiger partial charge on any atom is -0.465 e. The molecule has 1 rings (SSSR count). The van der Waals surface area contributed by atoms with Crippen LogP contribution in [0.2, 0.25) is 0 Å². The Bertz CT molecular complexity index is 272. The Labute approximate surface area is 63.5 Å². The van der Waals surface area contributed by atoms with E-state index in [0.717, 1.165) is 0 Å². The summed E-state index contributed by atoms with van der Waals surface area (Å²) in [6.45, 7) is 0. The number of hydrogen-bond acceptors (Lipinski definition) is 3. The average molecular weight is 152 g/mol. The fourth-order valence-electron chi connectivity index (χ4n) is 0.645. The summed E-state index contributed by atoms with van der Waals surface area (Å²) < 4.78 is 4.34. The second-order valence-electron chi connectivity index (χ2n) is 1.86. The quantitative estimate of drug-likeness (QED) is 0.564. The summed E-state index contributed by atoms with van der Waals surface area (Å²) in [5.41, 5.74) is -0.0324. The molecule has 0 aliphatic rings. The van der Waals surface area contributed by atoms with Gasteiger partial charge in [-0.15, -0.1) is 0 Å². The Hall–Kier alpha value is -1.58. The van der Waals surface area contributed by atoms with E-state index >= 15 is 0 Å². The third-order valence-corrected chi connectivity index (χ3v) is 1.19. The normalized spacial score (nSPS) is 9.18. The van der Waals surface area contributed by atoms with Gasteiger partial charge in [0.2, 0.25) is 0 Å². The molecule has 0 fully saturated rings. The molecular weight excluding hydrogens is 146 g/mol. The van der Waals surface area contributed by atoms with Crippen molar-refractivity contribution in [2.24, 2.45) is 0 Å². The van der Waals surface area contributed by atoms with Crippen molar-refractivity contribution < 1.29 is 14.6 Å². The zero-order valence-corrected chi connectivity index (χ0v) is 5.90. The minimum absolute atomic E-state index is 0.0324. The van der Waals surface area contributed by atoms with Crippen LogP contribution in [0.15, 0.2) is 18.5 Å². The van der Waals surface area contributed by atoms with Crippen molar-refractivity contribution in [3.8, 4) is 5.75 Å². The van der Waals surface area contributed by atoms with E-state index in [1.165, 1.54) is 25.6 Å². The number of methoxy groups -OCH3 is 1. The van der Waals surface area contributed by atoms with Gasteiger partial charge in [-0.2, -0.15) is 0 Å². The molecule has 4 nitrogen and oxygen atoms in total. The third-order valence-electron chi connectivity index (χ3n) is 1.19. The molecule has 1 aromatic heterocycles. The molecule has 1 heterocycles. The first-order valence-corrected chi connectivity index (χ1v) is 2.95. The maximum atomic E-state index is 10.9. The van der Waals surface area contributed by atoms with E-state index in [1.807, 2.05) is 0 Å². The van der Waals surface area contributed by atoms with Crippen LogP contribution in [0, 0.1) is 0 Å². The molecule has 4 heteroatoms. The molecular formula is C7H6NO3. The number of carbonyl (C=O) groups is 1. The summed E-state index contributed by atoms with van der Waals surface area (Å²) in [6, 6.07) is 1.21. The summed E-state index contributed by atoms with van der Waals surface area (Å²) in [5, 5.41) is 10.9. The maximum absolute atomic E-state index is 10.9. The number of rotatable bonds is 1. The van der Waals surface area contributed by atoms with E-state index in [1.54, 1.807) is 0 Å². The highest BCUT2D eigenvalue weighted by molar-refractivity contribution is 5.91. The number of ether oxygens (including phenoxy) is 1. The van der Waals surface area contributed by atoms with Gasteiger partial charge in [0.1, 0.15) is 5.56 Å². The van der Waals surface area contributed by atoms with Crippen LogP contribution in [-0.2, 0) is 9.84 Å². The number of esters is 1. The van der Waals surface area contributed by atoms with Crippen LogP contribution in [-0.4, -0.2) is 18.1 Å². The van der Waals surface area contributed by atoms with Gasteiger partial charge >= 0.3 is 5.97 Å². The Morgan fingerprint density at radius 2 is 2.36 bits per heavy atom. The minimum atomic E-state index is -0.650. The second-order valence-corrected chi connectivity index (χ2v) is 1.86.